The molecule has 3 atom stereocenters. The summed E-state index contributed by atoms with van der Waals surface area (Å²) in [5.41, 5.74) is 3.33. The van der Waals surface area contributed by atoms with Crippen molar-refractivity contribution >= 4 is 6.08 Å². The molecule has 4 rings (SSSR count). The van der Waals surface area contributed by atoms with Crippen LogP contribution in [0.15, 0.2) is 48.6 Å². The quantitative estimate of drug-likeness (QED) is 0.384. The minimum atomic E-state index is -1.09. The van der Waals surface area contributed by atoms with Gasteiger partial charge in [0.1, 0.15) is 11.3 Å². The molecule has 1 nitrogen and oxygen atoms in total. The second-order valence-corrected chi connectivity index (χ2v) is 8.80. The van der Waals surface area contributed by atoms with E-state index < -0.39 is 11.3 Å². The van der Waals surface area contributed by atoms with Gasteiger partial charge in [-0.15, -0.1) is 0 Å². The Morgan fingerprint density at radius 3 is 2.71 bits per heavy atom. The smallest absolute Gasteiger partial charge is 0.136 e. The topological polar surface area (TPSA) is 9.23 Å². The van der Waals surface area contributed by atoms with Crippen LogP contribution in [0.4, 0.5) is 4.39 Å². The molecule has 0 aromatic heterocycles. The summed E-state index contributed by atoms with van der Waals surface area (Å²) in [6, 6.07) is 6.53. The molecule has 1 saturated carbocycles. The van der Waals surface area contributed by atoms with Crippen molar-refractivity contribution in [2.45, 2.75) is 82.6 Å². The Morgan fingerprint density at radius 1 is 1.18 bits per heavy atom. The molecule has 1 aromatic rings. The number of ether oxygens (including phenoxy) is 1. The SMILES string of the molecule is C=Cc1ccc2c(c1)COC2(CCCCCCCCC)C1=CC2CC2(F)C=C1. The first-order valence-electron chi connectivity index (χ1n) is 11.1. The summed E-state index contributed by atoms with van der Waals surface area (Å²) in [5.74, 6) is 0.0403. The van der Waals surface area contributed by atoms with Gasteiger partial charge in [0.15, 0.2) is 0 Å². The molecule has 0 amide bonds. The molecular weight excluding hydrogens is 347 g/mol. The Balaban J connectivity index is 1.52. The molecular formula is C26H33FO. The second kappa shape index (κ2) is 7.99. The zero-order valence-corrected chi connectivity index (χ0v) is 17.2. The standard InChI is InChI=1S/C26H33FO/c1-3-5-6-7-8-9-10-14-26(22-13-15-25(27)18-23(25)17-22)24-12-11-20(4-2)16-21(24)19-28-26/h4,11-13,15-17,23H,2-3,5-10,14,18-19H2,1H3. The van der Waals surface area contributed by atoms with Crippen molar-refractivity contribution in [1.82, 2.24) is 0 Å². The summed E-state index contributed by atoms with van der Waals surface area (Å²) < 4.78 is 20.9. The van der Waals surface area contributed by atoms with Crippen LogP contribution in [0.5, 0.6) is 0 Å². The fourth-order valence-corrected chi connectivity index (χ4v) is 4.89. The molecule has 3 unspecified atom stereocenters. The summed E-state index contributed by atoms with van der Waals surface area (Å²) in [6.45, 7) is 6.78. The summed E-state index contributed by atoms with van der Waals surface area (Å²) in [4.78, 5) is 0. The molecule has 28 heavy (non-hydrogen) atoms. The minimum absolute atomic E-state index is 0.0403. The third kappa shape index (κ3) is 3.64. The fourth-order valence-electron chi connectivity index (χ4n) is 4.89. The fraction of sp³-hybridized carbons (Fsp3) is 0.538. The van der Waals surface area contributed by atoms with Crippen LogP contribution in [0.3, 0.4) is 0 Å². The number of unbranched alkanes of at least 4 members (excludes halogenated alkanes) is 6. The maximum atomic E-state index is 14.4. The van der Waals surface area contributed by atoms with E-state index in [9.17, 15) is 4.39 Å². The van der Waals surface area contributed by atoms with Gasteiger partial charge in [0, 0.05) is 5.92 Å². The lowest BCUT2D eigenvalue weighted by Crippen LogP contribution is -2.29. The van der Waals surface area contributed by atoms with Gasteiger partial charge in [-0.05, 0) is 53.7 Å². The Labute approximate surface area is 169 Å². The van der Waals surface area contributed by atoms with E-state index in [1.165, 1.54) is 55.2 Å². The number of halogens is 1. The van der Waals surface area contributed by atoms with Gasteiger partial charge in [0.25, 0.3) is 0 Å². The van der Waals surface area contributed by atoms with E-state index >= 15 is 0 Å². The first kappa shape index (κ1) is 19.6. The Kier molecular flexibility index (Phi) is 5.60. The largest absolute Gasteiger partial charge is 0.361 e. The summed E-state index contributed by atoms with van der Waals surface area (Å²) in [7, 11) is 0. The molecule has 0 saturated heterocycles. The number of rotatable bonds is 10. The molecule has 3 aliphatic rings. The third-order valence-corrected chi connectivity index (χ3v) is 6.78. The van der Waals surface area contributed by atoms with Gasteiger partial charge in [-0.1, -0.05) is 82.4 Å². The highest BCUT2D eigenvalue weighted by Crippen LogP contribution is 2.56. The molecule has 1 aromatic carbocycles. The Bertz CT molecular complexity index is 792. The maximum Gasteiger partial charge on any atom is 0.136 e. The van der Waals surface area contributed by atoms with E-state index in [0.29, 0.717) is 13.0 Å². The van der Waals surface area contributed by atoms with Crippen molar-refractivity contribution in [2.75, 3.05) is 0 Å². The number of fused-ring (bicyclic) bond motifs is 2. The molecule has 150 valence electrons. The first-order chi connectivity index (χ1) is 13.6. The highest BCUT2D eigenvalue weighted by atomic mass is 19.1. The van der Waals surface area contributed by atoms with Crippen LogP contribution in [-0.4, -0.2) is 5.67 Å². The van der Waals surface area contributed by atoms with Crippen LogP contribution >= 0.6 is 0 Å². The molecule has 0 spiro atoms. The van der Waals surface area contributed by atoms with E-state index in [1.54, 1.807) is 6.08 Å². The van der Waals surface area contributed by atoms with Crippen LogP contribution in [0.25, 0.3) is 6.08 Å². The van der Waals surface area contributed by atoms with Gasteiger partial charge in [-0.25, -0.2) is 4.39 Å². The van der Waals surface area contributed by atoms with Crippen molar-refractivity contribution in [3.05, 3.63) is 65.3 Å². The number of benzene rings is 1. The van der Waals surface area contributed by atoms with Crippen LogP contribution in [0.2, 0.25) is 0 Å². The van der Waals surface area contributed by atoms with Crippen molar-refractivity contribution in [3.63, 3.8) is 0 Å². The highest BCUT2D eigenvalue weighted by Gasteiger charge is 2.55. The van der Waals surface area contributed by atoms with Gasteiger partial charge < -0.3 is 4.74 Å². The summed E-state index contributed by atoms with van der Waals surface area (Å²) in [5, 5.41) is 0. The average molecular weight is 381 g/mol. The predicted molar refractivity (Wildman–Crippen MR) is 115 cm³/mol. The van der Waals surface area contributed by atoms with E-state index in [4.69, 9.17) is 4.74 Å². The minimum Gasteiger partial charge on any atom is -0.361 e. The zero-order chi connectivity index (χ0) is 19.6. The number of hydrogen-bond donors (Lipinski definition) is 0. The molecule has 2 aliphatic carbocycles. The first-order valence-corrected chi connectivity index (χ1v) is 11.1. The number of alkyl halides is 1. The van der Waals surface area contributed by atoms with Crippen molar-refractivity contribution in [3.8, 4) is 0 Å². The normalized spacial score (nSPS) is 29.9. The Morgan fingerprint density at radius 2 is 1.96 bits per heavy atom. The molecule has 2 heteroatoms. The molecule has 1 fully saturated rings. The van der Waals surface area contributed by atoms with E-state index in [2.05, 4.69) is 37.8 Å². The van der Waals surface area contributed by atoms with Crippen LogP contribution in [0.1, 0.15) is 81.4 Å². The van der Waals surface area contributed by atoms with Gasteiger partial charge in [-0.3, -0.25) is 0 Å². The van der Waals surface area contributed by atoms with Crippen molar-refractivity contribution < 1.29 is 9.13 Å². The summed E-state index contributed by atoms with van der Waals surface area (Å²) in [6.07, 6.45) is 18.4. The molecule has 1 aliphatic heterocycles. The lowest BCUT2D eigenvalue weighted by Gasteiger charge is -2.33. The zero-order valence-electron chi connectivity index (χ0n) is 17.2. The van der Waals surface area contributed by atoms with Gasteiger partial charge >= 0.3 is 0 Å². The average Bonchev–Trinajstić information content (AvgIpc) is 3.26. The lowest BCUT2D eigenvalue weighted by molar-refractivity contribution is -0.0146. The van der Waals surface area contributed by atoms with Crippen LogP contribution in [-0.2, 0) is 16.9 Å². The molecule has 1 heterocycles. The molecule has 0 bridgehead atoms. The van der Waals surface area contributed by atoms with E-state index in [-0.39, 0.29) is 5.92 Å². The van der Waals surface area contributed by atoms with Crippen LogP contribution in [0, 0.1) is 5.92 Å². The van der Waals surface area contributed by atoms with Crippen molar-refractivity contribution in [2.24, 2.45) is 5.92 Å². The van der Waals surface area contributed by atoms with Gasteiger partial charge in [0.2, 0.25) is 0 Å². The van der Waals surface area contributed by atoms with E-state index in [1.807, 2.05) is 12.2 Å². The Hall–Kier alpha value is -1.67. The van der Waals surface area contributed by atoms with Crippen molar-refractivity contribution in [1.29, 1.82) is 0 Å². The number of hydrogen-bond acceptors (Lipinski definition) is 1. The van der Waals surface area contributed by atoms with Gasteiger partial charge in [0.05, 0.1) is 6.61 Å². The second-order valence-electron chi connectivity index (χ2n) is 8.80. The summed E-state index contributed by atoms with van der Waals surface area (Å²) >= 11 is 0. The number of allylic oxidation sites excluding steroid dienone is 2. The third-order valence-electron chi connectivity index (χ3n) is 6.78. The predicted octanol–water partition coefficient (Wildman–Crippen LogP) is 7.42. The maximum absolute atomic E-state index is 14.4. The highest BCUT2D eigenvalue weighted by molar-refractivity contribution is 5.55. The van der Waals surface area contributed by atoms with Gasteiger partial charge in [-0.2, -0.15) is 0 Å². The van der Waals surface area contributed by atoms with E-state index in [0.717, 1.165) is 18.4 Å². The molecule has 0 radical (unpaired) electrons. The van der Waals surface area contributed by atoms with Crippen LogP contribution < -0.4 is 0 Å². The molecule has 0 N–H and O–H groups in total. The lowest BCUT2D eigenvalue weighted by atomic mass is 9.79. The monoisotopic (exact) mass is 380 g/mol.